The minimum atomic E-state index is -0.745. The second kappa shape index (κ2) is 7.48. The van der Waals surface area contributed by atoms with Crippen molar-refractivity contribution in [2.24, 2.45) is 5.92 Å². The van der Waals surface area contributed by atoms with Gasteiger partial charge in [-0.1, -0.05) is 30.3 Å². The largest absolute Gasteiger partial charge is 0.481 e. The maximum absolute atomic E-state index is 11.8. The van der Waals surface area contributed by atoms with Crippen LogP contribution in [0.15, 0.2) is 30.3 Å². The molecule has 1 aromatic carbocycles. The highest BCUT2D eigenvalue weighted by molar-refractivity contribution is 5.81. The number of nitrogens with one attached hydrogen (secondary N) is 2. The Bertz CT molecular complexity index is 749. The number of H-pyrrole nitrogens is 1. The molecule has 1 aromatic heterocycles. The smallest absolute Gasteiger partial charge is 0.306 e. The molecule has 3 rings (SSSR count). The standard InChI is InChI=1S/C18H21N3O4/c22-15(21-25)10-14-16(11-4-2-1-3-5-11)19-20-17(14)12-6-8-13(9-7-12)18(23)24/h1-5,12-13,25H,6-10H2,(H,19,20)(H,21,22)(H,23,24)/t12-,13+. The van der Waals surface area contributed by atoms with Crippen molar-refractivity contribution in [3.05, 3.63) is 41.6 Å². The van der Waals surface area contributed by atoms with Crippen LogP contribution in [0.2, 0.25) is 0 Å². The number of hydrogen-bond donors (Lipinski definition) is 4. The second-order valence-corrected chi connectivity index (χ2v) is 6.43. The summed E-state index contributed by atoms with van der Waals surface area (Å²) in [6.07, 6.45) is 2.69. The summed E-state index contributed by atoms with van der Waals surface area (Å²) in [5.74, 6) is -1.43. The molecule has 4 N–H and O–H groups in total. The number of aromatic nitrogens is 2. The van der Waals surface area contributed by atoms with Crippen molar-refractivity contribution >= 4 is 11.9 Å². The predicted molar refractivity (Wildman–Crippen MR) is 90.0 cm³/mol. The number of hydroxylamine groups is 1. The Labute approximate surface area is 145 Å². The molecule has 0 bridgehead atoms. The Balaban J connectivity index is 1.90. The quantitative estimate of drug-likeness (QED) is 0.492. The lowest BCUT2D eigenvalue weighted by Gasteiger charge is -2.25. The number of carbonyl (C=O) groups is 2. The van der Waals surface area contributed by atoms with E-state index in [2.05, 4.69) is 10.2 Å². The maximum atomic E-state index is 11.8. The first-order valence-corrected chi connectivity index (χ1v) is 8.38. The van der Waals surface area contributed by atoms with Gasteiger partial charge >= 0.3 is 5.97 Å². The Morgan fingerprint density at radius 2 is 1.84 bits per heavy atom. The van der Waals surface area contributed by atoms with E-state index >= 15 is 0 Å². The highest BCUT2D eigenvalue weighted by Crippen LogP contribution is 2.38. The number of hydrogen-bond acceptors (Lipinski definition) is 4. The molecule has 2 aromatic rings. The summed E-state index contributed by atoms with van der Waals surface area (Å²) in [5, 5.41) is 25.5. The molecule has 25 heavy (non-hydrogen) atoms. The minimum absolute atomic E-state index is 0.0193. The van der Waals surface area contributed by atoms with Crippen LogP contribution in [0.5, 0.6) is 0 Å². The molecule has 132 valence electrons. The summed E-state index contributed by atoms with van der Waals surface area (Å²) in [7, 11) is 0. The van der Waals surface area contributed by atoms with Crippen LogP contribution < -0.4 is 5.48 Å². The summed E-state index contributed by atoms with van der Waals surface area (Å²) in [6.45, 7) is 0. The third-order valence-electron chi connectivity index (χ3n) is 4.89. The minimum Gasteiger partial charge on any atom is -0.481 e. The molecule has 0 aliphatic heterocycles. The van der Waals surface area contributed by atoms with Gasteiger partial charge in [-0.2, -0.15) is 5.10 Å². The molecule has 0 spiro atoms. The van der Waals surface area contributed by atoms with Gasteiger partial charge in [0.2, 0.25) is 5.91 Å². The topological polar surface area (TPSA) is 115 Å². The van der Waals surface area contributed by atoms with Crippen molar-refractivity contribution in [3.63, 3.8) is 0 Å². The molecule has 0 unspecified atom stereocenters. The van der Waals surface area contributed by atoms with E-state index in [9.17, 15) is 9.59 Å². The second-order valence-electron chi connectivity index (χ2n) is 6.43. The molecule has 7 heteroatoms. The van der Waals surface area contributed by atoms with Gasteiger partial charge in [0.15, 0.2) is 0 Å². The highest BCUT2D eigenvalue weighted by atomic mass is 16.5. The Morgan fingerprint density at radius 1 is 1.16 bits per heavy atom. The average Bonchev–Trinajstić information content (AvgIpc) is 3.05. The van der Waals surface area contributed by atoms with Crippen molar-refractivity contribution < 1.29 is 19.9 Å². The lowest BCUT2D eigenvalue weighted by atomic mass is 9.79. The van der Waals surface area contributed by atoms with Gasteiger partial charge in [0.25, 0.3) is 0 Å². The number of nitrogens with zero attached hydrogens (tertiary/aromatic N) is 1. The zero-order valence-electron chi connectivity index (χ0n) is 13.7. The van der Waals surface area contributed by atoms with Crippen molar-refractivity contribution in [3.8, 4) is 11.3 Å². The summed E-state index contributed by atoms with van der Waals surface area (Å²) in [4.78, 5) is 22.9. The van der Waals surface area contributed by atoms with E-state index in [1.807, 2.05) is 30.3 Å². The fraction of sp³-hybridized carbons (Fsp3) is 0.389. The Morgan fingerprint density at radius 3 is 2.44 bits per heavy atom. The van der Waals surface area contributed by atoms with E-state index in [4.69, 9.17) is 10.3 Å². The summed E-state index contributed by atoms with van der Waals surface area (Å²) in [5.41, 5.74) is 4.92. The molecule has 1 heterocycles. The van der Waals surface area contributed by atoms with Gasteiger partial charge in [0, 0.05) is 11.5 Å². The van der Waals surface area contributed by atoms with Gasteiger partial charge in [-0.25, -0.2) is 5.48 Å². The SMILES string of the molecule is O=C(Cc1c(-c2ccccc2)[nH]nc1[C@H]1CC[C@@H](C(=O)O)CC1)NO. The van der Waals surface area contributed by atoms with Gasteiger partial charge in [-0.15, -0.1) is 0 Å². The van der Waals surface area contributed by atoms with Crippen molar-refractivity contribution in [2.45, 2.75) is 38.0 Å². The number of carboxylic acids is 1. The van der Waals surface area contributed by atoms with Crippen LogP contribution >= 0.6 is 0 Å². The first kappa shape index (κ1) is 17.2. The maximum Gasteiger partial charge on any atom is 0.306 e. The van der Waals surface area contributed by atoms with Crippen LogP contribution in [0.1, 0.15) is 42.9 Å². The predicted octanol–water partition coefficient (Wildman–Crippen LogP) is 2.48. The third-order valence-corrected chi connectivity index (χ3v) is 4.89. The van der Waals surface area contributed by atoms with E-state index in [1.54, 1.807) is 5.48 Å². The number of aromatic amines is 1. The number of aliphatic carboxylic acids is 1. The van der Waals surface area contributed by atoms with Crippen molar-refractivity contribution in [1.82, 2.24) is 15.7 Å². The monoisotopic (exact) mass is 343 g/mol. The lowest BCUT2D eigenvalue weighted by Crippen LogP contribution is -2.23. The summed E-state index contributed by atoms with van der Waals surface area (Å²) in [6, 6.07) is 9.58. The molecule has 0 saturated heterocycles. The fourth-order valence-corrected chi connectivity index (χ4v) is 3.55. The van der Waals surface area contributed by atoms with Crippen LogP contribution in [0.3, 0.4) is 0 Å². The highest BCUT2D eigenvalue weighted by Gasteiger charge is 2.30. The average molecular weight is 343 g/mol. The lowest BCUT2D eigenvalue weighted by molar-refractivity contribution is -0.142. The van der Waals surface area contributed by atoms with E-state index in [0.717, 1.165) is 35.4 Å². The van der Waals surface area contributed by atoms with Crippen molar-refractivity contribution in [2.75, 3.05) is 0 Å². The Kier molecular flexibility index (Phi) is 5.14. The van der Waals surface area contributed by atoms with Crippen LogP contribution in [-0.4, -0.2) is 32.4 Å². The first-order chi connectivity index (χ1) is 12.1. The van der Waals surface area contributed by atoms with Gasteiger partial charge < -0.3 is 5.11 Å². The number of carbonyl (C=O) groups excluding carboxylic acids is 1. The third kappa shape index (κ3) is 3.71. The molecule has 7 nitrogen and oxygen atoms in total. The number of carboxylic acid groups (broad SMARTS) is 1. The van der Waals surface area contributed by atoms with Gasteiger partial charge in [-0.05, 0) is 31.2 Å². The van der Waals surface area contributed by atoms with Gasteiger partial charge in [0.1, 0.15) is 0 Å². The molecule has 1 saturated carbocycles. The molecule has 0 atom stereocenters. The molecule has 1 aliphatic rings. The summed E-state index contributed by atoms with van der Waals surface area (Å²) >= 11 is 0. The van der Waals surface area contributed by atoms with E-state index < -0.39 is 11.9 Å². The fourth-order valence-electron chi connectivity index (χ4n) is 3.55. The zero-order chi connectivity index (χ0) is 17.8. The van der Waals surface area contributed by atoms with E-state index in [0.29, 0.717) is 12.8 Å². The number of benzene rings is 1. The van der Waals surface area contributed by atoms with E-state index in [1.165, 1.54) is 0 Å². The molecular weight excluding hydrogens is 322 g/mol. The number of amides is 1. The molecule has 0 radical (unpaired) electrons. The van der Waals surface area contributed by atoms with Crippen LogP contribution in [-0.2, 0) is 16.0 Å². The molecule has 1 aliphatic carbocycles. The molecule has 1 amide bonds. The van der Waals surface area contributed by atoms with Crippen LogP contribution in [0, 0.1) is 5.92 Å². The summed E-state index contributed by atoms with van der Waals surface area (Å²) < 4.78 is 0. The van der Waals surface area contributed by atoms with E-state index in [-0.39, 0.29) is 18.3 Å². The molecule has 1 fully saturated rings. The Hall–Kier alpha value is -2.67. The van der Waals surface area contributed by atoms with Gasteiger partial charge in [0.05, 0.1) is 23.7 Å². The zero-order valence-corrected chi connectivity index (χ0v) is 13.7. The first-order valence-electron chi connectivity index (χ1n) is 8.38. The van der Waals surface area contributed by atoms with Crippen LogP contribution in [0.25, 0.3) is 11.3 Å². The van der Waals surface area contributed by atoms with Gasteiger partial charge in [-0.3, -0.25) is 19.9 Å². The van der Waals surface area contributed by atoms with Crippen molar-refractivity contribution in [1.29, 1.82) is 0 Å². The number of rotatable bonds is 5. The van der Waals surface area contributed by atoms with Crippen LogP contribution in [0.4, 0.5) is 0 Å². The molecular formula is C18H21N3O4. The normalized spacial score (nSPS) is 20.2.